The van der Waals surface area contributed by atoms with E-state index in [-0.39, 0.29) is 17.6 Å². The molecule has 0 aliphatic carbocycles. The normalized spacial score (nSPS) is 15.5. The van der Waals surface area contributed by atoms with Gasteiger partial charge in [0.1, 0.15) is 22.9 Å². The van der Waals surface area contributed by atoms with Gasteiger partial charge < -0.3 is 18.9 Å². The van der Waals surface area contributed by atoms with E-state index in [4.69, 9.17) is 13.6 Å². The van der Waals surface area contributed by atoms with E-state index in [1.165, 1.54) is 27.8 Å². The standard InChI is InChI=1S/C30H35NO4/c1-7-9-22(11-12-23-10-8-17-33-23)31-29(32)27-14-13-24(34-27)18-26-19(2)20(3)28-25(21(26)4)15-16-30(5,6)35-28/h7-8,10-14,17,22H,1,9,15-16,18H2,2-6H3,(H,31,32). The molecule has 5 heteroatoms. The molecule has 1 aromatic carbocycles. The van der Waals surface area contributed by atoms with Crippen LogP contribution in [0.4, 0.5) is 0 Å². The van der Waals surface area contributed by atoms with Gasteiger partial charge in [0.25, 0.3) is 5.91 Å². The fraction of sp³-hybridized carbons (Fsp3) is 0.367. The van der Waals surface area contributed by atoms with Crippen LogP contribution >= 0.6 is 0 Å². The van der Waals surface area contributed by atoms with E-state index in [9.17, 15) is 4.79 Å². The number of carbonyl (C=O) groups excluding carboxylic acids is 1. The van der Waals surface area contributed by atoms with Gasteiger partial charge in [-0.25, -0.2) is 0 Å². The van der Waals surface area contributed by atoms with Crippen molar-refractivity contribution >= 4 is 12.0 Å². The van der Waals surface area contributed by atoms with Crippen LogP contribution in [-0.2, 0) is 12.8 Å². The lowest BCUT2D eigenvalue weighted by Crippen LogP contribution is -2.33. The highest BCUT2D eigenvalue weighted by molar-refractivity contribution is 5.91. The Hall–Kier alpha value is -3.47. The molecular formula is C30H35NO4. The maximum Gasteiger partial charge on any atom is 0.287 e. The predicted molar refractivity (Wildman–Crippen MR) is 139 cm³/mol. The highest BCUT2D eigenvalue weighted by Crippen LogP contribution is 2.41. The second-order valence-corrected chi connectivity index (χ2v) is 9.94. The molecule has 0 radical (unpaired) electrons. The second kappa shape index (κ2) is 10.0. The van der Waals surface area contributed by atoms with Gasteiger partial charge in [0.2, 0.25) is 0 Å². The number of hydrogen-bond acceptors (Lipinski definition) is 4. The summed E-state index contributed by atoms with van der Waals surface area (Å²) in [6, 6.07) is 7.11. The summed E-state index contributed by atoms with van der Waals surface area (Å²) in [7, 11) is 0. The van der Waals surface area contributed by atoms with Crippen LogP contribution in [-0.4, -0.2) is 17.6 Å². The topological polar surface area (TPSA) is 64.6 Å². The third-order valence-corrected chi connectivity index (χ3v) is 6.90. The third-order valence-electron chi connectivity index (χ3n) is 6.90. The van der Waals surface area contributed by atoms with E-state index < -0.39 is 0 Å². The van der Waals surface area contributed by atoms with E-state index in [0.29, 0.717) is 18.6 Å². The fourth-order valence-electron chi connectivity index (χ4n) is 4.69. The Morgan fingerprint density at radius 3 is 2.69 bits per heavy atom. The second-order valence-electron chi connectivity index (χ2n) is 9.94. The van der Waals surface area contributed by atoms with Crippen molar-refractivity contribution in [2.45, 2.75) is 71.9 Å². The van der Waals surface area contributed by atoms with Crippen molar-refractivity contribution in [3.05, 3.63) is 94.4 Å². The fourth-order valence-corrected chi connectivity index (χ4v) is 4.69. The van der Waals surface area contributed by atoms with E-state index in [0.717, 1.165) is 30.1 Å². The molecular weight excluding hydrogens is 438 g/mol. The number of fused-ring (bicyclic) bond motifs is 1. The molecule has 1 atom stereocenters. The number of ether oxygens (including phenoxy) is 1. The molecule has 5 nitrogen and oxygen atoms in total. The summed E-state index contributed by atoms with van der Waals surface area (Å²) in [5.41, 5.74) is 6.07. The van der Waals surface area contributed by atoms with Crippen LogP contribution in [0.25, 0.3) is 6.08 Å². The van der Waals surface area contributed by atoms with Crippen molar-refractivity contribution in [1.82, 2.24) is 5.32 Å². The highest BCUT2D eigenvalue weighted by atomic mass is 16.5. The Kier molecular flexibility index (Phi) is 7.06. The summed E-state index contributed by atoms with van der Waals surface area (Å²) in [4.78, 5) is 12.9. The van der Waals surface area contributed by atoms with Gasteiger partial charge in [0.05, 0.1) is 12.3 Å². The van der Waals surface area contributed by atoms with Gasteiger partial charge in [-0.15, -0.1) is 6.58 Å². The summed E-state index contributed by atoms with van der Waals surface area (Å²) < 4.78 is 17.7. The first-order valence-corrected chi connectivity index (χ1v) is 12.2. The van der Waals surface area contributed by atoms with E-state index in [1.54, 1.807) is 18.4 Å². The Bertz CT molecular complexity index is 1240. The average Bonchev–Trinajstić information content (AvgIpc) is 3.50. The van der Waals surface area contributed by atoms with Gasteiger partial charge in [-0.05, 0) is 112 Å². The lowest BCUT2D eigenvalue weighted by Gasteiger charge is -2.35. The molecule has 0 saturated heterocycles. The number of nitrogens with one attached hydrogen (secondary N) is 1. The summed E-state index contributed by atoms with van der Waals surface area (Å²) in [6.45, 7) is 14.5. The van der Waals surface area contributed by atoms with Gasteiger partial charge in [0.15, 0.2) is 5.76 Å². The highest BCUT2D eigenvalue weighted by Gasteiger charge is 2.30. The minimum absolute atomic E-state index is 0.141. The number of hydrogen-bond donors (Lipinski definition) is 1. The Morgan fingerprint density at radius 1 is 1.17 bits per heavy atom. The molecule has 1 amide bonds. The zero-order valence-electron chi connectivity index (χ0n) is 21.4. The van der Waals surface area contributed by atoms with Crippen LogP contribution in [0, 0.1) is 20.8 Å². The van der Waals surface area contributed by atoms with Crippen molar-refractivity contribution < 1.29 is 18.4 Å². The van der Waals surface area contributed by atoms with Gasteiger partial charge in [0, 0.05) is 6.42 Å². The molecule has 1 N–H and O–H groups in total. The average molecular weight is 474 g/mol. The van der Waals surface area contributed by atoms with E-state index in [2.05, 4.69) is 46.5 Å². The molecule has 1 unspecified atom stereocenters. The van der Waals surface area contributed by atoms with Crippen LogP contribution in [0.1, 0.15) is 76.6 Å². The molecule has 4 rings (SSSR count). The predicted octanol–water partition coefficient (Wildman–Crippen LogP) is 6.88. The summed E-state index contributed by atoms with van der Waals surface area (Å²) >= 11 is 0. The van der Waals surface area contributed by atoms with Gasteiger partial charge in [-0.3, -0.25) is 4.79 Å². The number of amides is 1. The number of benzene rings is 1. The summed E-state index contributed by atoms with van der Waals surface area (Å²) in [6.07, 6.45) is 10.4. The van der Waals surface area contributed by atoms with E-state index >= 15 is 0 Å². The number of carbonyl (C=O) groups is 1. The molecule has 1 aliphatic heterocycles. The molecule has 0 saturated carbocycles. The van der Waals surface area contributed by atoms with Crippen LogP contribution in [0.5, 0.6) is 5.75 Å². The molecule has 1 aliphatic rings. The van der Waals surface area contributed by atoms with Crippen molar-refractivity contribution in [2.24, 2.45) is 0 Å². The molecule has 35 heavy (non-hydrogen) atoms. The van der Waals surface area contributed by atoms with E-state index in [1.807, 2.05) is 30.4 Å². The lowest BCUT2D eigenvalue weighted by molar-refractivity contribution is 0.0833. The lowest BCUT2D eigenvalue weighted by atomic mass is 9.84. The minimum Gasteiger partial charge on any atom is -0.487 e. The molecule has 3 heterocycles. The number of rotatable bonds is 8. The van der Waals surface area contributed by atoms with Crippen LogP contribution in [0.15, 0.2) is 58.1 Å². The molecule has 0 spiro atoms. The Morgan fingerprint density at radius 2 is 1.97 bits per heavy atom. The number of furan rings is 2. The smallest absolute Gasteiger partial charge is 0.287 e. The first-order valence-electron chi connectivity index (χ1n) is 12.2. The molecule has 0 fully saturated rings. The van der Waals surface area contributed by atoms with Crippen molar-refractivity contribution in [3.63, 3.8) is 0 Å². The van der Waals surface area contributed by atoms with Crippen LogP contribution in [0.2, 0.25) is 0 Å². The van der Waals surface area contributed by atoms with Gasteiger partial charge >= 0.3 is 0 Å². The first kappa shape index (κ1) is 24.6. The van der Waals surface area contributed by atoms with Crippen molar-refractivity contribution in [2.75, 3.05) is 0 Å². The zero-order chi connectivity index (χ0) is 25.2. The largest absolute Gasteiger partial charge is 0.487 e. The quantitative estimate of drug-likeness (QED) is 0.362. The SMILES string of the molecule is C=CCC(C=Cc1ccco1)NC(=O)c1ccc(Cc2c(C)c(C)c3c(c2C)CCC(C)(C)O3)o1. The first-order chi connectivity index (χ1) is 16.7. The maximum atomic E-state index is 12.9. The van der Waals surface area contributed by atoms with Crippen molar-refractivity contribution in [1.29, 1.82) is 0 Å². The molecule has 0 bridgehead atoms. The maximum absolute atomic E-state index is 12.9. The van der Waals surface area contributed by atoms with Crippen LogP contribution in [0.3, 0.4) is 0 Å². The third kappa shape index (κ3) is 5.45. The molecule has 2 aromatic heterocycles. The van der Waals surface area contributed by atoms with Crippen LogP contribution < -0.4 is 10.1 Å². The van der Waals surface area contributed by atoms with Gasteiger partial charge in [-0.1, -0.05) is 12.2 Å². The zero-order valence-corrected chi connectivity index (χ0v) is 21.4. The molecule has 3 aromatic rings. The monoisotopic (exact) mass is 473 g/mol. The minimum atomic E-state index is -0.252. The van der Waals surface area contributed by atoms with Gasteiger partial charge in [-0.2, -0.15) is 0 Å². The summed E-state index contributed by atoms with van der Waals surface area (Å²) in [5.74, 6) is 2.58. The Labute approximate surface area is 207 Å². The summed E-state index contributed by atoms with van der Waals surface area (Å²) in [5, 5.41) is 3.01. The van der Waals surface area contributed by atoms with Crippen molar-refractivity contribution in [3.8, 4) is 5.75 Å². The Balaban J connectivity index is 1.50. The molecule has 184 valence electrons.